The third kappa shape index (κ3) is 22.7. The minimum Gasteiger partial charge on any atom is -0.870 e. The number of rotatable bonds is 0. The maximum absolute atomic E-state index is 4.76. The first-order valence-electron chi connectivity index (χ1n) is 0.535. The molecule has 0 bridgehead atoms. The molecule has 28 valence electrons. The third-order valence-corrected chi connectivity index (χ3v) is 0. The topological polar surface area (TPSA) is 30.0 Å². The summed E-state index contributed by atoms with van der Waals surface area (Å²) >= 11 is 9.53. The van der Waals surface area contributed by atoms with Crippen LogP contribution in [0.25, 0.3) is 0 Å². The van der Waals surface area contributed by atoms with Gasteiger partial charge in [-0.3, -0.25) is 0 Å². The molecular weight excluding hydrogens is 138 g/mol. The molecule has 5 heavy (non-hydrogen) atoms. The normalized spacial score (nSPS) is 3.60. The van der Waals surface area contributed by atoms with Crippen LogP contribution in [0.3, 0.4) is 0 Å². The van der Waals surface area contributed by atoms with E-state index < -0.39 is 0 Å². The molecule has 0 radical (unpaired) electrons. The molecule has 0 spiro atoms. The smallest absolute Gasteiger partial charge is 0.870 e. The first kappa shape index (κ1) is 15.7. The number of halogens is 2. The molecule has 0 fully saturated rings. The van der Waals surface area contributed by atoms with E-state index in [0.717, 1.165) is 0 Å². The quantitative estimate of drug-likeness (QED) is 0.290. The van der Waals surface area contributed by atoms with Crippen LogP contribution in [0.2, 0.25) is 0 Å². The van der Waals surface area contributed by atoms with Crippen molar-refractivity contribution in [2.24, 2.45) is 0 Å². The second kappa shape index (κ2) is 16.4. The van der Waals surface area contributed by atoms with Gasteiger partial charge in [0.15, 0.2) is 0 Å². The SMILES string of the molecule is ClCCl.[K+].[OH-]. The van der Waals surface area contributed by atoms with Crippen molar-refractivity contribution in [2.45, 2.75) is 0 Å². The second-order valence-electron chi connectivity index (χ2n) is 0.101. The molecule has 0 aliphatic rings. The Balaban J connectivity index is -0.0000000200. The van der Waals surface area contributed by atoms with Crippen molar-refractivity contribution in [1.82, 2.24) is 0 Å². The van der Waals surface area contributed by atoms with E-state index in [1.807, 2.05) is 0 Å². The predicted octanol–water partition coefficient (Wildman–Crippen LogP) is -1.75. The molecule has 0 saturated heterocycles. The zero-order valence-corrected chi connectivity index (χ0v) is 7.55. The van der Waals surface area contributed by atoms with E-state index in [1.54, 1.807) is 0 Å². The number of hydrogen-bond donors (Lipinski definition) is 0. The van der Waals surface area contributed by atoms with Gasteiger partial charge in [-0.25, -0.2) is 0 Å². The third-order valence-electron chi connectivity index (χ3n) is 0. The largest absolute Gasteiger partial charge is 1.00 e. The first-order valence-corrected chi connectivity index (χ1v) is 1.60. The van der Waals surface area contributed by atoms with Crippen LogP contribution in [0, 0.1) is 0 Å². The molecule has 0 saturated carbocycles. The van der Waals surface area contributed by atoms with Gasteiger partial charge in [0.2, 0.25) is 0 Å². The summed E-state index contributed by atoms with van der Waals surface area (Å²) in [6.45, 7) is 0. The van der Waals surface area contributed by atoms with Crippen LogP contribution in [-0.4, -0.2) is 10.8 Å². The molecule has 0 amide bonds. The molecule has 4 heteroatoms. The van der Waals surface area contributed by atoms with Crippen LogP contribution >= 0.6 is 23.2 Å². The van der Waals surface area contributed by atoms with Crippen molar-refractivity contribution in [2.75, 3.05) is 5.34 Å². The average Bonchev–Trinajstić information content (AvgIpc) is 0.918. The summed E-state index contributed by atoms with van der Waals surface area (Å²) in [5.74, 6) is 0. The van der Waals surface area contributed by atoms with Gasteiger partial charge in [0.05, 0.1) is 5.34 Å². The van der Waals surface area contributed by atoms with Crippen molar-refractivity contribution in [3.05, 3.63) is 0 Å². The Morgan fingerprint density at radius 3 is 1.20 bits per heavy atom. The molecule has 0 aromatic heterocycles. The number of hydrogen-bond acceptors (Lipinski definition) is 1. The molecule has 0 aromatic rings. The molecule has 0 heterocycles. The Labute approximate surface area is 83.7 Å². The van der Waals surface area contributed by atoms with Crippen molar-refractivity contribution in [3.63, 3.8) is 0 Å². The van der Waals surface area contributed by atoms with Gasteiger partial charge >= 0.3 is 51.4 Å². The van der Waals surface area contributed by atoms with Crippen molar-refractivity contribution in [1.29, 1.82) is 0 Å². The van der Waals surface area contributed by atoms with Gasteiger partial charge < -0.3 is 5.48 Å². The fourth-order valence-electron chi connectivity index (χ4n) is 0. The summed E-state index contributed by atoms with van der Waals surface area (Å²) in [6, 6.07) is 0. The van der Waals surface area contributed by atoms with Crippen molar-refractivity contribution in [3.8, 4) is 0 Å². The van der Waals surface area contributed by atoms with Gasteiger partial charge in [0.25, 0.3) is 0 Å². The maximum atomic E-state index is 4.76. The van der Waals surface area contributed by atoms with Crippen molar-refractivity contribution < 1.29 is 56.9 Å². The van der Waals surface area contributed by atoms with E-state index >= 15 is 0 Å². The van der Waals surface area contributed by atoms with Crippen LogP contribution in [0.5, 0.6) is 0 Å². The fraction of sp³-hybridized carbons (Fsp3) is 1.00. The monoisotopic (exact) mass is 140 g/mol. The molecule has 0 aliphatic heterocycles. The fourth-order valence-corrected chi connectivity index (χ4v) is 0. The molecule has 0 atom stereocenters. The summed E-state index contributed by atoms with van der Waals surface area (Å²) < 4.78 is 0. The van der Waals surface area contributed by atoms with Gasteiger partial charge in [-0.1, -0.05) is 0 Å². The van der Waals surface area contributed by atoms with E-state index in [0.29, 0.717) is 0 Å². The van der Waals surface area contributed by atoms with E-state index in [4.69, 9.17) is 23.2 Å². The predicted molar refractivity (Wildman–Crippen MR) is 18.5 cm³/mol. The van der Waals surface area contributed by atoms with Gasteiger partial charge in [-0.2, -0.15) is 0 Å². The maximum Gasteiger partial charge on any atom is 1.00 e. The van der Waals surface area contributed by atoms with E-state index in [1.165, 1.54) is 0 Å². The Morgan fingerprint density at radius 2 is 1.20 bits per heavy atom. The Bertz CT molecular complexity index is 9.61. The summed E-state index contributed by atoms with van der Waals surface area (Å²) in [7, 11) is 0. The van der Waals surface area contributed by atoms with Gasteiger partial charge in [0, 0.05) is 0 Å². The molecule has 0 rings (SSSR count). The molecule has 0 aliphatic carbocycles. The molecular formula is CH3Cl2KO. The molecule has 0 aromatic carbocycles. The van der Waals surface area contributed by atoms with E-state index in [-0.39, 0.29) is 62.2 Å². The summed E-state index contributed by atoms with van der Waals surface area (Å²) in [4.78, 5) is 0. The molecule has 0 unspecified atom stereocenters. The standard InChI is InChI=1S/CH2Cl2.K.H2O/c2-1-3;;/h1H2;;1H2/q;+1;/p-1. The molecule has 1 nitrogen and oxygen atoms in total. The molecule has 1 N–H and O–H groups in total. The van der Waals surface area contributed by atoms with Crippen LogP contribution in [0.1, 0.15) is 0 Å². The Kier molecular flexibility index (Phi) is 51.5. The second-order valence-corrected chi connectivity index (χ2v) is 0.909. The van der Waals surface area contributed by atoms with Crippen LogP contribution in [0.4, 0.5) is 0 Å². The van der Waals surface area contributed by atoms with Gasteiger partial charge in [0.1, 0.15) is 0 Å². The zero-order chi connectivity index (χ0) is 2.71. The zero-order valence-electron chi connectivity index (χ0n) is 2.91. The van der Waals surface area contributed by atoms with Crippen LogP contribution in [-0.2, 0) is 0 Å². The van der Waals surface area contributed by atoms with Crippen molar-refractivity contribution >= 4 is 23.2 Å². The minimum atomic E-state index is 0. The summed E-state index contributed by atoms with van der Waals surface area (Å²) in [6.07, 6.45) is 0. The Hall–Kier alpha value is 2.18. The first-order chi connectivity index (χ1) is 1.41. The van der Waals surface area contributed by atoms with Crippen LogP contribution < -0.4 is 51.4 Å². The van der Waals surface area contributed by atoms with E-state index in [2.05, 4.69) is 0 Å². The average molecular weight is 141 g/mol. The number of alkyl halides is 2. The van der Waals surface area contributed by atoms with E-state index in [9.17, 15) is 0 Å². The summed E-state index contributed by atoms with van der Waals surface area (Å²) in [5.41, 5.74) is 0. The summed E-state index contributed by atoms with van der Waals surface area (Å²) in [5, 5.41) is 0.194. The van der Waals surface area contributed by atoms with Gasteiger partial charge in [-0.05, 0) is 0 Å². The van der Waals surface area contributed by atoms with Gasteiger partial charge in [-0.15, -0.1) is 23.2 Å². The van der Waals surface area contributed by atoms with Crippen LogP contribution in [0.15, 0.2) is 0 Å². The Morgan fingerprint density at radius 1 is 1.20 bits per heavy atom. The minimum absolute atomic E-state index is 0.